The second-order valence-corrected chi connectivity index (χ2v) is 6.98. The van der Waals surface area contributed by atoms with Gasteiger partial charge in [-0.3, -0.25) is 0 Å². The lowest BCUT2D eigenvalue weighted by Crippen LogP contribution is -2.42. The van der Waals surface area contributed by atoms with E-state index < -0.39 is 6.10 Å². The van der Waals surface area contributed by atoms with Crippen molar-refractivity contribution in [2.45, 2.75) is 52.2 Å². The summed E-state index contributed by atoms with van der Waals surface area (Å²) in [5, 5.41) is 15.3. The van der Waals surface area contributed by atoms with Crippen LogP contribution in [0.3, 0.4) is 0 Å². The number of aliphatic hydroxyl groups excluding tert-OH is 1. The Bertz CT molecular complexity index is 543. The Balaban J connectivity index is 1.87. The molecule has 5 heteroatoms. The smallest absolute Gasteiger partial charge is 0.315 e. The quantitative estimate of drug-likeness (QED) is 0.783. The highest BCUT2D eigenvalue weighted by Gasteiger charge is 2.25. The van der Waals surface area contributed by atoms with Crippen LogP contribution in [0.25, 0.3) is 0 Å². The summed E-state index contributed by atoms with van der Waals surface area (Å²) < 4.78 is 13.2. The molecule has 2 rings (SSSR count). The van der Waals surface area contributed by atoms with Gasteiger partial charge in [0.2, 0.25) is 0 Å². The number of aliphatic hydroxyl groups is 1. The number of benzene rings is 1. The second-order valence-electron chi connectivity index (χ2n) is 6.98. The Labute approximate surface area is 131 Å². The number of hydrogen-bond acceptors (Lipinski definition) is 2. The number of carbonyl (C=O) groups excluding carboxylic acids is 1. The lowest BCUT2D eigenvalue weighted by Gasteiger charge is -2.27. The van der Waals surface area contributed by atoms with E-state index in [1.54, 1.807) is 19.1 Å². The molecule has 122 valence electrons. The summed E-state index contributed by atoms with van der Waals surface area (Å²) in [6, 6.07) is 4.44. The van der Waals surface area contributed by atoms with Crippen LogP contribution in [0.2, 0.25) is 0 Å². The number of urea groups is 1. The Morgan fingerprint density at radius 3 is 2.91 bits per heavy atom. The molecule has 1 aromatic carbocycles. The van der Waals surface area contributed by atoms with Gasteiger partial charge in [0, 0.05) is 6.54 Å². The van der Waals surface area contributed by atoms with Gasteiger partial charge in [0.25, 0.3) is 0 Å². The molecule has 0 heterocycles. The Kier molecular flexibility index (Phi) is 5.06. The summed E-state index contributed by atoms with van der Waals surface area (Å²) in [5.74, 6) is -0.233. The van der Waals surface area contributed by atoms with E-state index in [1.165, 1.54) is 6.07 Å². The number of hydrogen-bond donors (Lipinski definition) is 3. The number of rotatable bonds is 5. The zero-order chi connectivity index (χ0) is 16.3. The molecule has 0 aliphatic heterocycles. The van der Waals surface area contributed by atoms with Crippen molar-refractivity contribution in [2.24, 2.45) is 5.41 Å². The van der Waals surface area contributed by atoms with E-state index in [0.29, 0.717) is 13.0 Å². The fourth-order valence-electron chi connectivity index (χ4n) is 3.14. The van der Waals surface area contributed by atoms with Crippen LogP contribution in [0.15, 0.2) is 18.2 Å². The first-order chi connectivity index (χ1) is 10.3. The lowest BCUT2D eigenvalue weighted by atomic mass is 9.87. The van der Waals surface area contributed by atoms with E-state index in [-0.39, 0.29) is 23.3 Å². The maximum absolute atomic E-state index is 13.2. The van der Waals surface area contributed by atoms with Crippen molar-refractivity contribution < 1.29 is 14.3 Å². The van der Waals surface area contributed by atoms with Gasteiger partial charge in [-0.2, -0.15) is 0 Å². The molecule has 0 saturated heterocycles. The molecule has 22 heavy (non-hydrogen) atoms. The average molecular weight is 308 g/mol. The molecule has 4 nitrogen and oxygen atoms in total. The topological polar surface area (TPSA) is 61.4 Å². The van der Waals surface area contributed by atoms with E-state index in [9.17, 15) is 14.3 Å². The summed E-state index contributed by atoms with van der Waals surface area (Å²) >= 11 is 0. The normalized spacial score (nSPS) is 18.7. The van der Waals surface area contributed by atoms with E-state index in [2.05, 4.69) is 10.6 Å². The van der Waals surface area contributed by atoms with E-state index in [4.69, 9.17) is 0 Å². The van der Waals surface area contributed by atoms with Crippen molar-refractivity contribution in [1.29, 1.82) is 0 Å². The predicted octanol–water partition coefficient (Wildman–Crippen LogP) is 2.91. The molecule has 2 atom stereocenters. The van der Waals surface area contributed by atoms with Gasteiger partial charge in [-0.05, 0) is 54.9 Å². The first-order valence-electron chi connectivity index (χ1n) is 7.77. The first kappa shape index (κ1) is 16.7. The minimum absolute atomic E-state index is 0.0597. The largest absolute Gasteiger partial charge is 0.393 e. The standard InChI is InChI=1S/C17H25FN2O2/c1-11(21)9-17(2,3)10-19-16(22)20-15-7-4-12-8-13(18)5-6-14(12)15/h5-6,8,11,15,21H,4,7,9-10H2,1-3H3,(H2,19,20,22). The molecule has 0 radical (unpaired) electrons. The molecular formula is C17H25FN2O2. The van der Waals surface area contributed by atoms with Gasteiger partial charge in [-0.15, -0.1) is 0 Å². The van der Waals surface area contributed by atoms with Crippen molar-refractivity contribution in [2.75, 3.05) is 6.54 Å². The second kappa shape index (κ2) is 6.65. The summed E-state index contributed by atoms with van der Waals surface area (Å²) in [5.41, 5.74) is 1.81. The van der Waals surface area contributed by atoms with Crippen LogP contribution in [0.1, 0.15) is 50.8 Å². The van der Waals surface area contributed by atoms with Crippen LogP contribution in [0.4, 0.5) is 9.18 Å². The van der Waals surface area contributed by atoms with Crippen molar-refractivity contribution in [3.05, 3.63) is 35.1 Å². The van der Waals surface area contributed by atoms with Gasteiger partial charge in [0.1, 0.15) is 5.82 Å². The highest BCUT2D eigenvalue weighted by atomic mass is 19.1. The summed E-state index contributed by atoms with van der Waals surface area (Å²) in [4.78, 5) is 12.0. The molecular weight excluding hydrogens is 283 g/mol. The molecule has 1 aliphatic carbocycles. The fraction of sp³-hybridized carbons (Fsp3) is 0.588. The molecule has 0 bridgehead atoms. The third-order valence-corrected chi connectivity index (χ3v) is 4.06. The first-order valence-corrected chi connectivity index (χ1v) is 7.77. The molecule has 0 saturated carbocycles. The lowest BCUT2D eigenvalue weighted by molar-refractivity contribution is 0.128. The van der Waals surface area contributed by atoms with Gasteiger partial charge >= 0.3 is 6.03 Å². The van der Waals surface area contributed by atoms with E-state index in [0.717, 1.165) is 24.0 Å². The minimum Gasteiger partial charge on any atom is -0.393 e. The molecule has 1 aromatic rings. The fourth-order valence-corrected chi connectivity index (χ4v) is 3.14. The van der Waals surface area contributed by atoms with E-state index in [1.807, 2.05) is 13.8 Å². The molecule has 0 spiro atoms. The van der Waals surface area contributed by atoms with Crippen molar-refractivity contribution in [3.8, 4) is 0 Å². The van der Waals surface area contributed by atoms with Gasteiger partial charge in [-0.25, -0.2) is 9.18 Å². The molecule has 0 aromatic heterocycles. The highest BCUT2D eigenvalue weighted by molar-refractivity contribution is 5.74. The van der Waals surface area contributed by atoms with Crippen LogP contribution >= 0.6 is 0 Å². The van der Waals surface area contributed by atoms with Crippen molar-refractivity contribution in [1.82, 2.24) is 10.6 Å². The number of amides is 2. The third kappa shape index (κ3) is 4.44. The van der Waals surface area contributed by atoms with Crippen molar-refractivity contribution in [3.63, 3.8) is 0 Å². The van der Waals surface area contributed by atoms with Crippen LogP contribution < -0.4 is 10.6 Å². The number of aryl methyl sites for hydroxylation is 1. The summed E-state index contributed by atoms with van der Waals surface area (Å²) in [7, 11) is 0. The molecule has 2 unspecified atom stereocenters. The number of fused-ring (bicyclic) bond motifs is 1. The van der Waals surface area contributed by atoms with Gasteiger partial charge in [0.05, 0.1) is 12.1 Å². The molecule has 3 N–H and O–H groups in total. The zero-order valence-electron chi connectivity index (χ0n) is 13.4. The number of nitrogens with one attached hydrogen (secondary N) is 2. The minimum atomic E-state index is -0.392. The Hall–Kier alpha value is -1.62. The maximum Gasteiger partial charge on any atom is 0.315 e. The molecule has 2 amide bonds. The van der Waals surface area contributed by atoms with E-state index >= 15 is 0 Å². The Morgan fingerprint density at radius 1 is 1.50 bits per heavy atom. The van der Waals surface area contributed by atoms with Gasteiger partial charge in [-0.1, -0.05) is 19.9 Å². The highest BCUT2D eigenvalue weighted by Crippen LogP contribution is 2.31. The number of carbonyl (C=O) groups is 1. The van der Waals surface area contributed by atoms with Gasteiger partial charge in [0.15, 0.2) is 0 Å². The van der Waals surface area contributed by atoms with Crippen LogP contribution in [-0.2, 0) is 6.42 Å². The third-order valence-electron chi connectivity index (χ3n) is 4.06. The molecule has 1 aliphatic rings. The predicted molar refractivity (Wildman–Crippen MR) is 84.1 cm³/mol. The SMILES string of the molecule is CC(O)CC(C)(C)CNC(=O)NC1CCc2cc(F)ccc21. The Morgan fingerprint density at radius 2 is 2.23 bits per heavy atom. The average Bonchev–Trinajstić information content (AvgIpc) is 2.77. The van der Waals surface area contributed by atoms with Crippen molar-refractivity contribution >= 4 is 6.03 Å². The van der Waals surface area contributed by atoms with Crippen LogP contribution in [0, 0.1) is 11.2 Å². The zero-order valence-corrected chi connectivity index (χ0v) is 13.4. The monoisotopic (exact) mass is 308 g/mol. The summed E-state index contributed by atoms with van der Waals surface area (Å²) in [6.07, 6.45) is 1.81. The van der Waals surface area contributed by atoms with Crippen LogP contribution in [-0.4, -0.2) is 23.8 Å². The summed E-state index contributed by atoms with van der Waals surface area (Å²) in [6.45, 7) is 6.25. The number of halogens is 1. The van der Waals surface area contributed by atoms with Gasteiger partial charge < -0.3 is 15.7 Å². The molecule has 0 fully saturated rings. The maximum atomic E-state index is 13.2. The van der Waals surface area contributed by atoms with Crippen LogP contribution in [0.5, 0.6) is 0 Å².